The molecule has 70 valence electrons. The molecular formula is C8H14O2S2. The summed E-state index contributed by atoms with van der Waals surface area (Å²) in [6.45, 7) is 3.27. The van der Waals surface area contributed by atoms with Crippen molar-refractivity contribution in [3.05, 3.63) is 0 Å². The third kappa shape index (κ3) is 2.41. The number of aliphatic hydroxyl groups is 1. The first-order valence-electron chi connectivity index (χ1n) is 4.04. The molecule has 1 saturated heterocycles. The van der Waals surface area contributed by atoms with Gasteiger partial charge in [-0.2, -0.15) is 0 Å². The van der Waals surface area contributed by atoms with E-state index in [4.69, 9.17) is 0 Å². The van der Waals surface area contributed by atoms with E-state index in [1.165, 1.54) is 0 Å². The fraction of sp³-hybridized carbons (Fsp3) is 0.875. The quantitative estimate of drug-likeness (QED) is 0.757. The molecule has 1 rings (SSSR count). The van der Waals surface area contributed by atoms with Gasteiger partial charge >= 0.3 is 0 Å². The number of Topliss-reactive ketones (excluding diaryl/α,β-unsaturated/α-hetero) is 1. The number of carbonyl (C=O) groups excluding carboxylic acids is 1. The van der Waals surface area contributed by atoms with Crippen LogP contribution in [0.25, 0.3) is 0 Å². The van der Waals surface area contributed by atoms with Crippen LogP contribution in [0.4, 0.5) is 0 Å². The van der Waals surface area contributed by atoms with Gasteiger partial charge in [-0.25, -0.2) is 0 Å². The molecular weight excluding hydrogens is 192 g/mol. The maximum absolute atomic E-state index is 11.2. The van der Waals surface area contributed by atoms with Gasteiger partial charge in [-0.1, -0.05) is 0 Å². The van der Waals surface area contributed by atoms with E-state index >= 15 is 0 Å². The number of aliphatic hydroxyl groups excluding tert-OH is 1. The van der Waals surface area contributed by atoms with Crippen molar-refractivity contribution in [2.45, 2.75) is 24.5 Å². The first-order chi connectivity index (χ1) is 5.63. The Hall–Kier alpha value is 0.330. The van der Waals surface area contributed by atoms with Crippen molar-refractivity contribution in [3.63, 3.8) is 0 Å². The van der Waals surface area contributed by atoms with Gasteiger partial charge in [0.2, 0.25) is 0 Å². The van der Waals surface area contributed by atoms with Crippen LogP contribution >= 0.6 is 23.5 Å². The van der Waals surface area contributed by atoms with E-state index in [1.54, 1.807) is 37.4 Å². The van der Waals surface area contributed by atoms with Gasteiger partial charge in [-0.05, 0) is 13.8 Å². The summed E-state index contributed by atoms with van der Waals surface area (Å²) in [6.07, 6.45) is -0.509. The Morgan fingerprint density at radius 3 is 2.33 bits per heavy atom. The number of thioether (sulfide) groups is 2. The molecule has 0 aliphatic carbocycles. The zero-order chi connectivity index (χ0) is 9.14. The monoisotopic (exact) mass is 206 g/mol. The molecule has 2 unspecified atom stereocenters. The van der Waals surface area contributed by atoms with Crippen LogP contribution in [0, 0.1) is 5.92 Å². The van der Waals surface area contributed by atoms with E-state index in [0.717, 1.165) is 11.5 Å². The molecule has 1 fully saturated rings. The molecule has 2 atom stereocenters. The van der Waals surface area contributed by atoms with Gasteiger partial charge in [0.25, 0.3) is 0 Å². The molecule has 0 bridgehead atoms. The van der Waals surface area contributed by atoms with Crippen molar-refractivity contribution in [1.29, 1.82) is 0 Å². The summed E-state index contributed by atoms with van der Waals surface area (Å²) >= 11 is 3.58. The minimum atomic E-state index is -0.509. The van der Waals surface area contributed by atoms with Gasteiger partial charge < -0.3 is 5.11 Å². The standard InChI is InChI=1S/C8H14O2S2/c1-5(9)7(6(2)10)8-11-3-4-12-8/h5,7-9H,3-4H2,1-2H3. The van der Waals surface area contributed by atoms with Crippen LogP contribution in [0.5, 0.6) is 0 Å². The molecule has 0 spiro atoms. The Labute approximate surface area is 81.5 Å². The van der Waals surface area contributed by atoms with Crippen LogP contribution in [-0.4, -0.2) is 33.1 Å². The zero-order valence-electron chi connectivity index (χ0n) is 7.32. The van der Waals surface area contributed by atoms with Crippen LogP contribution in [0.1, 0.15) is 13.8 Å². The molecule has 0 radical (unpaired) electrons. The number of carbonyl (C=O) groups is 1. The van der Waals surface area contributed by atoms with Crippen molar-refractivity contribution in [1.82, 2.24) is 0 Å². The fourth-order valence-electron chi connectivity index (χ4n) is 1.34. The molecule has 0 saturated carbocycles. The van der Waals surface area contributed by atoms with Gasteiger partial charge in [0.1, 0.15) is 5.78 Å². The Bertz CT molecular complexity index is 164. The molecule has 1 heterocycles. The normalized spacial score (nSPS) is 23.9. The van der Waals surface area contributed by atoms with E-state index in [9.17, 15) is 9.90 Å². The van der Waals surface area contributed by atoms with Gasteiger partial charge in [-0.3, -0.25) is 4.79 Å². The number of hydrogen-bond acceptors (Lipinski definition) is 4. The van der Waals surface area contributed by atoms with Crippen LogP contribution in [0.2, 0.25) is 0 Å². The third-order valence-corrected chi connectivity index (χ3v) is 5.13. The molecule has 0 aromatic carbocycles. The highest BCUT2D eigenvalue weighted by molar-refractivity contribution is 8.20. The fourth-order valence-corrected chi connectivity index (χ4v) is 4.79. The second-order valence-electron chi connectivity index (χ2n) is 2.99. The highest BCUT2D eigenvalue weighted by Crippen LogP contribution is 2.38. The Kier molecular flexibility index (Phi) is 3.93. The average molecular weight is 206 g/mol. The highest BCUT2D eigenvalue weighted by Gasteiger charge is 2.32. The molecule has 0 amide bonds. The Morgan fingerprint density at radius 2 is 2.00 bits per heavy atom. The lowest BCUT2D eigenvalue weighted by atomic mass is 10.0. The van der Waals surface area contributed by atoms with Crippen molar-refractivity contribution in [2.24, 2.45) is 5.92 Å². The summed E-state index contributed by atoms with van der Waals surface area (Å²) in [7, 11) is 0. The SMILES string of the molecule is CC(=O)C(C(C)O)C1SCCS1. The van der Waals surface area contributed by atoms with Crippen LogP contribution in [0.15, 0.2) is 0 Å². The van der Waals surface area contributed by atoms with Gasteiger partial charge in [0.15, 0.2) is 0 Å². The summed E-state index contributed by atoms with van der Waals surface area (Å²) in [5.41, 5.74) is 0. The molecule has 2 nitrogen and oxygen atoms in total. The summed E-state index contributed by atoms with van der Waals surface area (Å²) in [5.74, 6) is 2.14. The van der Waals surface area contributed by atoms with Crippen molar-refractivity contribution < 1.29 is 9.90 Å². The van der Waals surface area contributed by atoms with Crippen molar-refractivity contribution in [3.8, 4) is 0 Å². The third-order valence-electron chi connectivity index (χ3n) is 1.93. The van der Waals surface area contributed by atoms with Gasteiger partial charge in [0.05, 0.1) is 16.6 Å². The maximum Gasteiger partial charge on any atom is 0.137 e. The average Bonchev–Trinajstić information content (AvgIpc) is 2.37. The molecule has 0 aromatic rings. The second kappa shape index (κ2) is 4.53. The lowest BCUT2D eigenvalue weighted by Gasteiger charge is -2.21. The smallest absolute Gasteiger partial charge is 0.137 e. The maximum atomic E-state index is 11.2. The lowest BCUT2D eigenvalue weighted by molar-refractivity contribution is -0.123. The summed E-state index contributed by atoms with van der Waals surface area (Å²) in [4.78, 5) is 11.2. The van der Waals surface area contributed by atoms with E-state index in [0.29, 0.717) is 0 Å². The molecule has 4 heteroatoms. The van der Waals surface area contributed by atoms with Crippen LogP contribution < -0.4 is 0 Å². The van der Waals surface area contributed by atoms with E-state index < -0.39 is 6.10 Å². The number of ketones is 1. The highest BCUT2D eigenvalue weighted by atomic mass is 32.2. The van der Waals surface area contributed by atoms with E-state index in [2.05, 4.69) is 0 Å². The molecule has 12 heavy (non-hydrogen) atoms. The molecule has 1 aliphatic rings. The van der Waals surface area contributed by atoms with E-state index in [1.807, 2.05) is 0 Å². The Morgan fingerprint density at radius 1 is 1.50 bits per heavy atom. The first-order valence-corrected chi connectivity index (χ1v) is 6.14. The minimum Gasteiger partial charge on any atom is -0.393 e. The predicted octanol–water partition coefficient (Wildman–Crippen LogP) is 1.38. The zero-order valence-corrected chi connectivity index (χ0v) is 8.95. The summed E-state index contributed by atoms with van der Waals surface area (Å²) in [6, 6.07) is 0. The largest absolute Gasteiger partial charge is 0.393 e. The topological polar surface area (TPSA) is 37.3 Å². The van der Waals surface area contributed by atoms with Gasteiger partial charge in [0, 0.05) is 11.5 Å². The summed E-state index contributed by atoms with van der Waals surface area (Å²) in [5, 5.41) is 9.40. The van der Waals surface area contributed by atoms with Crippen molar-refractivity contribution in [2.75, 3.05) is 11.5 Å². The van der Waals surface area contributed by atoms with Gasteiger partial charge in [-0.15, -0.1) is 23.5 Å². The van der Waals surface area contributed by atoms with Crippen molar-refractivity contribution >= 4 is 29.3 Å². The minimum absolute atomic E-state index is 0.108. The van der Waals surface area contributed by atoms with Crippen LogP contribution in [0.3, 0.4) is 0 Å². The molecule has 1 N–H and O–H groups in total. The second-order valence-corrected chi connectivity index (χ2v) is 5.78. The first kappa shape index (κ1) is 10.4. The number of hydrogen-bond donors (Lipinski definition) is 1. The lowest BCUT2D eigenvalue weighted by Crippen LogP contribution is -2.30. The molecule has 1 aliphatic heterocycles. The van der Waals surface area contributed by atoms with Crippen LogP contribution in [-0.2, 0) is 4.79 Å². The number of rotatable bonds is 3. The molecule has 0 aromatic heterocycles. The van der Waals surface area contributed by atoms with E-state index in [-0.39, 0.29) is 16.3 Å². The summed E-state index contributed by atoms with van der Waals surface area (Å²) < 4.78 is 0.280. The predicted molar refractivity (Wildman–Crippen MR) is 54.6 cm³/mol. The Balaban J connectivity index is 2.58.